The summed E-state index contributed by atoms with van der Waals surface area (Å²) in [6.45, 7) is 6.12. The van der Waals surface area contributed by atoms with Crippen LogP contribution in [0, 0.1) is 5.92 Å². The lowest BCUT2D eigenvalue weighted by atomic mass is 9.71. The average molecular weight is 222 g/mol. The van der Waals surface area contributed by atoms with Gasteiger partial charge in [-0.05, 0) is 32.1 Å². The Morgan fingerprint density at radius 3 is 3.00 bits per heavy atom. The molecule has 0 unspecified atom stereocenters. The number of unbranched alkanes of at least 4 members (excludes halogenated alkanes) is 2. The van der Waals surface area contributed by atoms with E-state index >= 15 is 0 Å². The summed E-state index contributed by atoms with van der Waals surface area (Å²) in [4.78, 5) is 11.7. The quantitative estimate of drug-likeness (QED) is 0.412. The molecular formula is C14H22O2. The van der Waals surface area contributed by atoms with E-state index in [1.165, 1.54) is 32.1 Å². The predicted octanol–water partition coefficient (Wildman–Crippen LogP) is 3.61. The van der Waals surface area contributed by atoms with Gasteiger partial charge >= 0.3 is 5.97 Å². The first-order valence-electron chi connectivity index (χ1n) is 6.62. The van der Waals surface area contributed by atoms with E-state index in [0.29, 0.717) is 5.92 Å². The maximum atomic E-state index is 11.7. The molecule has 1 heterocycles. The van der Waals surface area contributed by atoms with E-state index in [-0.39, 0.29) is 11.6 Å². The first-order valence-corrected chi connectivity index (χ1v) is 6.62. The van der Waals surface area contributed by atoms with Gasteiger partial charge in [0.25, 0.3) is 0 Å². The molecule has 0 aromatic rings. The lowest BCUT2D eigenvalue weighted by molar-refractivity contribution is -0.151. The van der Waals surface area contributed by atoms with Gasteiger partial charge in [-0.15, -0.1) is 0 Å². The van der Waals surface area contributed by atoms with Crippen molar-refractivity contribution in [2.24, 2.45) is 5.92 Å². The van der Waals surface area contributed by atoms with Gasteiger partial charge in [0, 0.05) is 11.5 Å². The molecule has 1 saturated carbocycles. The molecule has 0 radical (unpaired) electrons. The van der Waals surface area contributed by atoms with Crippen molar-refractivity contribution in [3.05, 3.63) is 12.2 Å². The largest absolute Gasteiger partial charge is 0.455 e. The zero-order valence-electron chi connectivity index (χ0n) is 10.3. The van der Waals surface area contributed by atoms with Crippen LogP contribution in [0.15, 0.2) is 12.2 Å². The molecule has 0 amide bonds. The normalized spacial score (nSPS) is 33.7. The number of fused-ring (bicyclic) bond motifs is 1. The third-order valence-corrected chi connectivity index (χ3v) is 4.16. The zero-order valence-corrected chi connectivity index (χ0v) is 10.3. The molecule has 2 heteroatoms. The molecule has 0 aromatic carbocycles. The van der Waals surface area contributed by atoms with Crippen LogP contribution in [0.5, 0.6) is 0 Å². The van der Waals surface area contributed by atoms with Crippen molar-refractivity contribution in [1.29, 1.82) is 0 Å². The molecule has 1 saturated heterocycles. The molecule has 2 atom stereocenters. The second-order valence-corrected chi connectivity index (χ2v) is 5.24. The van der Waals surface area contributed by atoms with Gasteiger partial charge in [0.1, 0.15) is 5.60 Å². The molecule has 2 nitrogen and oxygen atoms in total. The molecule has 1 aliphatic carbocycles. The molecule has 2 aliphatic rings. The van der Waals surface area contributed by atoms with Gasteiger partial charge in [0.15, 0.2) is 0 Å². The van der Waals surface area contributed by atoms with Crippen molar-refractivity contribution in [1.82, 2.24) is 0 Å². The summed E-state index contributed by atoms with van der Waals surface area (Å²) in [6, 6.07) is 0. The van der Waals surface area contributed by atoms with E-state index < -0.39 is 0 Å². The fourth-order valence-electron chi connectivity index (χ4n) is 3.24. The Labute approximate surface area is 98.1 Å². The van der Waals surface area contributed by atoms with Crippen LogP contribution in [-0.4, -0.2) is 11.6 Å². The fraction of sp³-hybridized carbons (Fsp3) is 0.786. The number of esters is 1. The van der Waals surface area contributed by atoms with Crippen LogP contribution >= 0.6 is 0 Å². The second kappa shape index (κ2) is 4.60. The minimum Gasteiger partial charge on any atom is -0.455 e. The van der Waals surface area contributed by atoms with Gasteiger partial charge in [-0.2, -0.15) is 0 Å². The molecular weight excluding hydrogens is 200 g/mol. The van der Waals surface area contributed by atoms with Gasteiger partial charge in [0.2, 0.25) is 0 Å². The van der Waals surface area contributed by atoms with Gasteiger partial charge in [-0.25, -0.2) is 4.79 Å². The maximum absolute atomic E-state index is 11.7. The maximum Gasteiger partial charge on any atom is 0.334 e. The van der Waals surface area contributed by atoms with Gasteiger partial charge in [-0.3, -0.25) is 0 Å². The summed E-state index contributed by atoms with van der Waals surface area (Å²) in [7, 11) is 0. The Hall–Kier alpha value is -0.790. The first-order chi connectivity index (χ1) is 7.69. The highest BCUT2D eigenvalue weighted by Gasteiger charge is 2.51. The monoisotopic (exact) mass is 222 g/mol. The van der Waals surface area contributed by atoms with Crippen LogP contribution in [-0.2, 0) is 9.53 Å². The Kier molecular flexibility index (Phi) is 3.36. The van der Waals surface area contributed by atoms with Crippen molar-refractivity contribution in [3.63, 3.8) is 0 Å². The van der Waals surface area contributed by atoms with E-state index in [0.717, 1.165) is 24.8 Å². The summed E-state index contributed by atoms with van der Waals surface area (Å²) >= 11 is 0. The van der Waals surface area contributed by atoms with E-state index in [4.69, 9.17) is 4.74 Å². The van der Waals surface area contributed by atoms with E-state index in [1.54, 1.807) is 0 Å². The van der Waals surface area contributed by atoms with Crippen molar-refractivity contribution < 1.29 is 9.53 Å². The third-order valence-electron chi connectivity index (χ3n) is 4.16. The van der Waals surface area contributed by atoms with Gasteiger partial charge < -0.3 is 4.74 Å². The lowest BCUT2D eigenvalue weighted by Gasteiger charge is -2.37. The van der Waals surface area contributed by atoms with Gasteiger partial charge in [0.05, 0.1) is 0 Å². The summed E-state index contributed by atoms with van der Waals surface area (Å²) in [5, 5.41) is 0. The molecule has 2 fully saturated rings. The number of rotatable bonds is 4. The Balaban J connectivity index is 2.08. The minimum atomic E-state index is -0.165. The third kappa shape index (κ3) is 1.90. The van der Waals surface area contributed by atoms with Crippen LogP contribution < -0.4 is 0 Å². The van der Waals surface area contributed by atoms with Crippen molar-refractivity contribution in [2.45, 2.75) is 63.9 Å². The Morgan fingerprint density at radius 1 is 1.44 bits per heavy atom. The molecule has 0 N–H and O–H groups in total. The second-order valence-electron chi connectivity index (χ2n) is 5.24. The van der Waals surface area contributed by atoms with Crippen LogP contribution in [0.25, 0.3) is 0 Å². The highest BCUT2D eigenvalue weighted by Crippen LogP contribution is 2.48. The number of hydrogen-bond donors (Lipinski definition) is 0. The van der Waals surface area contributed by atoms with E-state index in [9.17, 15) is 4.79 Å². The smallest absolute Gasteiger partial charge is 0.334 e. The summed E-state index contributed by atoms with van der Waals surface area (Å²) in [6.07, 6.45) is 9.22. The number of ether oxygens (including phenoxy) is 1. The molecule has 0 bridgehead atoms. The molecule has 90 valence electrons. The molecule has 2 rings (SSSR count). The Morgan fingerprint density at radius 2 is 2.25 bits per heavy atom. The summed E-state index contributed by atoms with van der Waals surface area (Å²) in [5.41, 5.74) is 0.567. The van der Waals surface area contributed by atoms with E-state index in [2.05, 4.69) is 13.5 Å². The number of hydrogen-bond acceptors (Lipinski definition) is 2. The standard InChI is InChI=1S/C14H22O2/c1-3-4-6-9-14-10-7-5-8-12(14)11(2)13(15)16-14/h12H,2-10H2,1H3/t12-,14-/m0/s1. The van der Waals surface area contributed by atoms with Crippen LogP contribution in [0.2, 0.25) is 0 Å². The van der Waals surface area contributed by atoms with E-state index in [1.807, 2.05) is 0 Å². The van der Waals surface area contributed by atoms with Crippen molar-refractivity contribution in [3.8, 4) is 0 Å². The fourth-order valence-corrected chi connectivity index (χ4v) is 3.24. The predicted molar refractivity (Wildman–Crippen MR) is 64.1 cm³/mol. The van der Waals surface area contributed by atoms with Gasteiger partial charge in [-0.1, -0.05) is 32.8 Å². The zero-order chi connectivity index (χ0) is 11.6. The summed E-state index contributed by atoms with van der Waals surface area (Å²) in [5.74, 6) is 0.175. The highest BCUT2D eigenvalue weighted by atomic mass is 16.6. The SMILES string of the molecule is C=C1C(=O)O[C@@]2(CCCCC)CCCC[C@@H]12. The topological polar surface area (TPSA) is 26.3 Å². The first kappa shape index (κ1) is 11.7. The highest BCUT2D eigenvalue weighted by molar-refractivity contribution is 5.91. The molecule has 1 aliphatic heterocycles. The van der Waals surface area contributed by atoms with Crippen molar-refractivity contribution >= 4 is 5.97 Å². The van der Waals surface area contributed by atoms with Crippen molar-refractivity contribution in [2.75, 3.05) is 0 Å². The number of carbonyl (C=O) groups is 1. The minimum absolute atomic E-state index is 0.136. The van der Waals surface area contributed by atoms with Crippen LogP contribution in [0.3, 0.4) is 0 Å². The van der Waals surface area contributed by atoms with Crippen LogP contribution in [0.4, 0.5) is 0 Å². The molecule has 16 heavy (non-hydrogen) atoms. The average Bonchev–Trinajstić information content (AvgIpc) is 2.53. The summed E-state index contributed by atoms with van der Waals surface area (Å²) < 4.78 is 5.67. The Bertz CT molecular complexity index is 295. The number of carbonyl (C=O) groups excluding carboxylic acids is 1. The molecule has 0 spiro atoms. The lowest BCUT2D eigenvalue weighted by Crippen LogP contribution is -2.38. The van der Waals surface area contributed by atoms with Crippen LogP contribution in [0.1, 0.15) is 58.3 Å². The molecule has 0 aromatic heterocycles.